The normalized spacial score (nSPS) is 26.8. The summed E-state index contributed by atoms with van der Waals surface area (Å²) >= 11 is 5.87. The van der Waals surface area contributed by atoms with Crippen LogP contribution in [0.4, 0.5) is 4.39 Å². The van der Waals surface area contributed by atoms with Gasteiger partial charge in [0.15, 0.2) is 0 Å². The number of rotatable bonds is 4. The number of allylic oxidation sites excluding steroid dienone is 1. The van der Waals surface area contributed by atoms with E-state index in [1.165, 1.54) is 18.1 Å². The van der Waals surface area contributed by atoms with E-state index in [0.717, 1.165) is 31.4 Å². The second-order valence-electron chi connectivity index (χ2n) is 9.36. The summed E-state index contributed by atoms with van der Waals surface area (Å²) < 4.78 is 14.4. The van der Waals surface area contributed by atoms with Crippen LogP contribution in [0.5, 0.6) is 0 Å². The van der Waals surface area contributed by atoms with Crippen molar-refractivity contribution < 1.29 is 14.0 Å². The molecule has 0 aromatic heterocycles. The maximum atomic E-state index is 14.4. The van der Waals surface area contributed by atoms with Crippen molar-refractivity contribution in [3.05, 3.63) is 45.9 Å². The number of carbonyl (C=O) groups is 2. The molecule has 1 aliphatic heterocycles. The van der Waals surface area contributed by atoms with Crippen LogP contribution in [0.1, 0.15) is 70.3 Å². The van der Waals surface area contributed by atoms with Gasteiger partial charge < -0.3 is 10.2 Å². The van der Waals surface area contributed by atoms with Gasteiger partial charge in [0.2, 0.25) is 11.8 Å². The summed E-state index contributed by atoms with van der Waals surface area (Å²) in [4.78, 5) is 28.2. The molecule has 1 N–H and O–H groups in total. The predicted octanol–water partition coefficient (Wildman–Crippen LogP) is 5.17. The molecule has 2 saturated carbocycles. The molecule has 4 rings (SSSR count). The van der Waals surface area contributed by atoms with E-state index in [-0.39, 0.29) is 29.5 Å². The van der Waals surface area contributed by atoms with E-state index in [4.69, 9.17) is 11.6 Å². The summed E-state index contributed by atoms with van der Waals surface area (Å²) in [5, 5.41) is 3.47. The van der Waals surface area contributed by atoms with Crippen molar-refractivity contribution in [2.45, 2.75) is 70.8 Å². The third-order valence-corrected chi connectivity index (χ3v) is 6.85. The maximum absolute atomic E-state index is 14.4. The summed E-state index contributed by atoms with van der Waals surface area (Å²) in [7, 11) is 0. The summed E-state index contributed by atoms with van der Waals surface area (Å²) in [6.07, 6.45) is 6.74. The first kappa shape index (κ1) is 21.4. The molecule has 4 nitrogen and oxygen atoms in total. The smallest absolute Gasteiger partial charge is 0.247 e. The number of hydrogen-bond acceptors (Lipinski definition) is 2. The molecule has 3 aliphatic rings. The van der Waals surface area contributed by atoms with Crippen LogP contribution in [0.3, 0.4) is 0 Å². The molecule has 1 aromatic carbocycles. The fraction of sp³-hybridized carbons (Fsp3) is 0.583. The lowest BCUT2D eigenvalue weighted by atomic mass is 9.91. The number of benzene rings is 1. The van der Waals surface area contributed by atoms with Gasteiger partial charge in [0.1, 0.15) is 11.9 Å². The topological polar surface area (TPSA) is 49.4 Å². The average Bonchev–Trinajstić information content (AvgIpc) is 3.49. The second-order valence-corrected chi connectivity index (χ2v) is 9.79. The van der Waals surface area contributed by atoms with E-state index < -0.39 is 6.04 Å². The highest BCUT2D eigenvalue weighted by molar-refractivity contribution is 6.30. The Morgan fingerprint density at radius 3 is 2.67 bits per heavy atom. The van der Waals surface area contributed by atoms with Crippen LogP contribution in [0.25, 0.3) is 0 Å². The fourth-order valence-corrected chi connectivity index (χ4v) is 5.07. The Morgan fingerprint density at radius 2 is 2.00 bits per heavy atom. The van der Waals surface area contributed by atoms with Crippen molar-refractivity contribution in [3.63, 3.8) is 0 Å². The molecular weight excluding hydrogens is 403 g/mol. The van der Waals surface area contributed by atoms with Crippen molar-refractivity contribution in [2.75, 3.05) is 6.54 Å². The van der Waals surface area contributed by atoms with Crippen molar-refractivity contribution in [1.82, 2.24) is 10.2 Å². The molecule has 1 aromatic rings. The monoisotopic (exact) mass is 432 g/mol. The fourth-order valence-electron chi connectivity index (χ4n) is 4.91. The quantitative estimate of drug-likeness (QED) is 0.713. The average molecular weight is 433 g/mol. The highest BCUT2D eigenvalue weighted by atomic mass is 35.5. The molecule has 0 bridgehead atoms. The number of carbonyl (C=O) groups excluding carboxylic acids is 2. The van der Waals surface area contributed by atoms with Gasteiger partial charge >= 0.3 is 0 Å². The molecule has 0 radical (unpaired) electrons. The molecule has 30 heavy (non-hydrogen) atoms. The standard InChI is InChI=1S/C24H30ClFN2O2/c1-14(2)10-22-23(29)27-21(15-6-4-3-5-7-15)13-28(22)24(30)19-12-18(19)17-9-8-16(25)11-20(17)26/h8-9,11,14,18-19,22H,3-7,10,12-13H2,1-2H3,(H,27,29)/t18-,19+,22-/m0/s1. The van der Waals surface area contributed by atoms with Crippen LogP contribution in [-0.4, -0.2) is 29.3 Å². The zero-order valence-electron chi connectivity index (χ0n) is 17.7. The van der Waals surface area contributed by atoms with Crippen LogP contribution in [0.2, 0.25) is 5.02 Å². The first-order valence-electron chi connectivity index (χ1n) is 11.1. The Kier molecular flexibility index (Phi) is 6.19. The first-order chi connectivity index (χ1) is 14.3. The van der Waals surface area contributed by atoms with E-state index in [0.29, 0.717) is 35.9 Å². The minimum Gasteiger partial charge on any atom is -0.326 e. The SMILES string of the molecule is CC(C)C[C@H]1C(=O)NC(=C2CCCCC2)CN1C(=O)[C@@H]1C[C@H]1c1ccc(Cl)cc1F. The number of piperazine rings is 1. The Hall–Kier alpha value is -1.88. The van der Waals surface area contributed by atoms with E-state index >= 15 is 0 Å². The largest absolute Gasteiger partial charge is 0.326 e. The van der Waals surface area contributed by atoms with Crippen molar-refractivity contribution >= 4 is 23.4 Å². The Morgan fingerprint density at radius 1 is 1.27 bits per heavy atom. The number of hydrogen-bond donors (Lipinski definition) is 1. The lowest BCUT2D eigenvalue weighted by Crippen LogP contribution is -2.57. The van der Waals surface area contributed by atoms with Gasteiger partial charge in [-0.25, -0.2) is 4.39 Å². The number of nitrogens with zero attached hydrogens (tertiary/aromatic N) is 1. The summed E-state index contributed by atoms with van der Waals surface area (Å²) in [6.45, 7) is 4.59. The Labute approximate surface area is 182 Å². The molecule has 1 saturated heterocycles. The minimum absolute atomic E-state index is 0.0243. The van der Waals surface area contributed by atoms with Gasteiger partial charge in [-0.3, -0.25) is 9.59 Å². The maximum Gasteiger partial charge on any atom is 0.247 e. The highest BCUT2D eigenvalue weighted by Gasteiger charge is 2.49. The van der Waals surface area contributed by atoms with E-state index in [2.05, 4.69) is 19.2 Å². The molecule has 1 heterocycles. The third kappa shape index (κ3) is 4.41. The second kappa shape index (κ2) is 8.70. The van der Waals surface area contributed by atoms with E-state index in [1.807, 2.05) is 0 Å². The van der Waals surface area contributed by atoms with Crippen LogP contribution in [0, 0.1) is 17.7 Å². The van der Waals surface area contributed by atoms with Gasteiger partial charge in [0.05, 0.1) is 6.54 Å². The van der Waals surface area contributed by atoms with Crippen molar-refractivity contribution in [1.29, 1.82) is 0 Å². The number of nitrogens with one attached hydrogen (secondary N) is 1. The zero-order valence-corrected chi connectivity index (χ0v) is 18.5. The van der Waals surface area contributed by atoms with Gasteiger partial charge in [-0.15, -0.1) is 0 Å². The molecule has 2 amide bonds. The lowest BCUT2D eigenvalue weighted by molar-refractivity contribution is -0.143. The minimum atomic E-state index is -0.457. The van der Waals surface area contributed by atoms with Crippen LogP contribution >= 0.6 is 11.6 Å². The van der Waals surface area contributed by atoms with Crippen molar-refractivity contribution in [3.8, 4) is 0 Å². The highest BCUT2D eigenvalue weighted by Crippen LogP contribution is 2.50. The zero-order chi connectivity index (χ0) is 21.4. The Bertz CT molecular complexity index is 874. The van der Waals surface area contributed by atoms with Gasteiger partial charge in [-0.2, -0.15) is 0 Å². The molecule has 0 spiro atoms. The third-order valence-electron chi connectivity index (χ3n) is 6.61. The molecule has 162 valence electrons. The Balaban J connectivity index is 1.56. The van der Waals surface area contributed by atoms with Gasteiger partial charge in [-0.05, 0) is 73.6 Å². The summed E-state index contributed by atoms with van der Waals surface area (Å²) in [5.74, 6) is -0.564. The van der Waals surface area contributed by atoms with Crippen LogP contribution in [0.15, 0.2) is 29.5 Å². The summed E-state index contributed by atoms with van der Waals surface area (Å²) in [6, 6.07) is 4.20. The lowest BCUT2D eigenvalue weighted by Gasteiger charge is -2.39. The van der Waals surface area contributed by atoms with Gasteiger partial charge in [-0.1, -0.05) is 37.9 Å². The number of halogens is 2. The van der Waals surface area contributed by atoms with Gasteiger partial charge in [0.25, 0.3) is 0 Å². The van der Waals surface area contributed by atoms with Crippen molar-refractivity contribution in [2.24, 2.45) is 11.8 Å². The van der Waals surface area contributed by atoms with Crippen LogP contribution in [-0.2, 0) is 9.59 Å². The molecule has 0 unspecified atom stereocenters. The first-order valence-corrected chi connectivity index (χ1v) is 11.5. The molecule has 3 atom stereocenters. The summed E-state index contributed by atoms with van der Waals surface area (Å²) in [5.41, 5.74) is 2.75. The molecule has 6 heteroatoms. The van der Waals surface area contributed by atoms with E-state index in [9.17, 15) is 14.0 Å². The molecule has 2 aliphatic carbocycles. The number of amides is 2. The predicted molar refractivity (Wildman–Crippen MR) is 115 cm³/mol. The van der Waals surface area contributed by atoms with Gasteiger partial charge in [0, 0.05) is 16.6 Å². The van der Waals surface area contributed by atoms with E-state index in [1.54, 1.807) is 17.0 Å². The molecule has 3 fully saturated rings. The van der Waals surface area contributed by atoms with Crippen LogP contribution < -0.4 is 5.32 Å². The molecular formula is C24H30ClFN2O2.